The van der Waals surface area contributed by atoms with Gasteiger partial charge in [0.2, 0.25) is 0 Å². The summed E-state index contributed by atoms with van der Waals surface area (Å²) in [4.78, 5) is 59.0. The van der Waals surface area contributed by atoms with Crippen molar-refractivity contribution in [3.63, 3.8) is 0 Å². The Bertz CT molecular complexity index is 1630. The molecule has 12 heteroatoms. The lowest BCUT2D eigenvalue weighted by molar-refractivity contribution is 0.0499. The Balaban J connectivity index is 1.78. The number of fused-ring (bicyclic) bond motifs is 1. The third-order valence-electron chi connectivity index (χ3n) is 7.08. The summed E-state index contributed by atoms with van der Waals surface area (Å²) < 4.78 is 13.6. The maximum absolute atomic E-state index is 14.0. The van der Waals surface area contributed by atoms with E-state index in [1.807, 2.05) is 24.8 Å². The van der Waals surface area contributed by atoms with Crippen LogP contribution in [0, 0.1) is 0 Å². The highest BCUT2D eigenvalue weighted by Gasteiger charge is 2.32. The summed E-state index contributed by atoms with van der Waals surface area (Å²) in [6.07, 6.45) is 4.12. The van der Waals surface area contributed by atoms with Crippen molar-refractivity contribution >= 4 is 34.6 Å². The fraction of sp³-hybridized carbons (Fsp3) is 0.452. The Kier molecular flexibility index (Phi) is 9.27. The van der Waals surface area contributed by atoms with Gasteiger partial charge < -0.3 is 30.0 Å². The summed E-state index contributed by atoms with van der Waals surface area (Å²) in [5.74, 6) is -0.0430. The number of nitrogens with zero attached hydrogens (tertiary/aromatic N) is 4. The molecule has 4 rings (SSSR count). The first-order chi connectivity index (χ1) is 20.3. The van der Waals surface area contributed by atoms with E-state index in [0.717, 1.165) is 12.0 Å². The molecule has 0 bridgehead atoms. The van der Waals surface area contributed by atoms with Gasteiger partial charge in [-0.05, 0) is 59.6 Å². The summed E-state index contributed by atoms with van der Waals surface area (Å²) >= 11 is 0. The number of ether oxygens (including phenoxy) is 2. The average molecular weight is 593 g/mol. The van der Waals surface area contributed by atoms with Gasteiger partial charge in [-0.15, -0.1) is 0 Å². The molecule has 1 aliphatic rings. The number of hydrogen-bond acceptors (Lipinski definition) is 8. The van der Waals surface area contributed by atoms with Crippen molar-refractivity contribution in [2.24, 2.45) is 5.73 Å². The predicted octanol–water partition coefficient (Wildman–Crippen LogP) is 3.65. The number of rotatable bonds is 9. The van der Waals surface area contributed by atoms with Gasteiger partial charge in [0.25, 0.3) is 11.5 Å². The lowest BCUT2D eigenvalue weighted by Gasteiger charge is -2.35. The number of hydrogen-bond donors (Lipinski definition) is 2. The highest BCUT2D eigenvalue weighted by Crippen LogP contribution is 2.32. The topological polar surface area (TPSA) is 151 Å². The largest absolute Gasteiger partial charge is 0.497 e. The molecule has 0 spiro atoms. The van der Waals surface area contributed by atoms with Crippen molar-refractivity contribution in [2.45, 2.75) is 72.2 Å². The Morgan fingerprint density at radius 1 is 1.21 bits per heavy atom. The van der Waals surface area contributed by atoms with E-state index < -0.39 is 23.2 Å². The first-order valence-electron chi connectivity index (χ1n) is 14.3. The molecule has 0 aliphatic carbocycles. The van der Waals surface area contributed by atoms with Crippen molar-refractivity contribution in [1.82, 2.24) is 19.4 Å². The molecule has 2 amide bonds. The molecule has 43 heavy (non-hydrogen) atoms. The summed E-state index contributed by atoms with van der Waals surface area (Å²) in [5, 5.41) is 2.93. The van der Waals surface area contributed by atoms with Crippen LogP contribution in [0.3, 0.4) is 0 Å². The summed E-state index contributed by atoms with van der Waals surface area (Å²) in [6, 6.07) is 6.44. The molecule has 1 aromatic carbocycles. The van der Waals surface area contributed by atoms with Crippen molar-refractivity contribution in [3.05, 3.63) is 63.7 Å². The second-order valence-corrected chi connectivity index (χ2v) is 11.9. The Morgan fingerprint density at radius 3 is 2.60 bits per heavy atom. The third-order valence-corrected chi connectivity index (χ3v) is 7.08. The molecule has 0 radical (unpaired) electrons. The molecule has 2 aromatic heterocycles. The van der Waals surface area contributed by atoms with E-state index in [2.05, 4.69) is 10.3 Å². The third kappa shape index (κ3) is 7.25. The number of piperidine rings is 1. The predicted molar refractivity (Wildman–Crippen MR) is 164 cm³/mol. The minimum atomic E-state index is -0.727. The van der Waals surface area contributed by atoms with Crippen LogP contribution in [0.25, 0.3) is 11.0 Å². The van der Waals surface area contributed by atoms with Gasteiger partial charge in [0, 0.05) is 31.2 Å². The number of primary amides is 1. The fourth-order valence-corrected chi connectivity index (χ4v) is 5.18. The van der Waals surface area contributed by atoms with E-state index in [9.17, 15) is 19.2 Å². The standard InChI is InChI=1S/C31H40N6O6/c1-19(2)12-14-37-26-25(33-18-36(29(26)40)17-23(38)20-9-7-11-22(15-20)42-6)24(27(32)39)28(37)35-13-8-10-21(16-35)34-30(41)43-31(3,4)5/h7,9,11-12,15,18,21H,8,10,13-14,16-17H2,1-6H3,(H2,32,39)(H,34,41). The van der Waals surface area contributed by atoms with Crippen LogP contribution in [0.15, 0.2) is 47.0 Å². The van der Waals surface area contributed by atoms with Crippen molar-refractivity contribution in [2.75, 3.05) is 25.1 Å². The van der Waals surface area contributed by atoms with Crippen LogP contribution in [-0.4, -0.2) is 63.7 Å². The number of amides is 2. The first-order valence-corrected chi connectivity index (χ1v) is 14.3. The van der Waals surface area contributed by atoms with E-state index in [-0.39, 0.29) is 41.5 Å². The number of alkyl carbamates (subject to hydrolysis) is 1. The van der Waals surface area contributed by atoms with E-state index in [1.54, 1.807) is 49.6 Å². The Morgan fingerprint density at radius 2 is 1.95 bits per heavy atom. The molecule has 3 N–H and O–H groups in total. The van der Waals surface area contributed by atoms with Gasteiger partial charge >= 0.3 is 6.09 Å². The zero-order valence-corrected chi connectivity index (χ0v) is 25.6. The molecule has 12 nitrogen and oxygen atoms in total. The highest BCUT2D eigenvalue weighted by atomic mass is 16.6. The molecule has 1 unspecified atom stereocenters. The van der Waals surface area contributed by atoms with Crippen LogP contribution in [0.4, 0.5) is 10.6 Å². The second-order valence-electron chi connectivity index (χ2n) is 11.9. The zero-order chi connectivity index (χ0) is 31.5. The molecular formula is C31H40N6O6. The number of ketones is 1. The maximum atomic E-state index is 14.0. The van der Waals surface area contributed by atoms with Crippen LogP contribution in [0.5, 0.6) is 5.75 Å². The molecular weight excluding hydrogens is 552 g/mol. The minimum Gasteiger partial charge on any atom is -0.497 e. The smallest absolute Gasteiger partial charge is 0.407 e. The van der Waals surface area contributed by atoms with Gasteiger partial charge in [0.15, 0.2) is 5.78 Å². The van der Waals surface area contributed by atoms with E-state index in [0.29, 0.717) is 36.6 Å². The van der Waals surface area contributed by atoms with Gasteiger partial charge in [-0.1, -0.05) is 23.8 Å². The first kappa shape index (κ1) is 31.3. The number of nitrogens with one attached hydrogen (secondary N) is 1. The number of Topliss-reactive ketones (excluding diaryl/α,β-unsaturated/α-hetero) is 1. The summed E-state index contributed by atoms with van der Waals surface area (Å²) in [7, 11) is 1.51. The SMILES string of the molecule is COc1cccc(C(=O)Cn2cnc3c(C(N)=O)c(N4CCCC(NC(=O)OC(C)(C)C)C4)n(CC=C(C)C)c3c2=O)c1. The molecule has 0 saturated carbocycles. The molecule has 1 fully saturated rings. The normalized spacial score (nSPS) is 15.2. The Labute approximate surface area is 250 Å². The van der Waals surface area contributed by atoms with E-state index in [1.165, 1.54) is 18.0 Å². The molecule has 1 aliphatic heterocycles. The lowest BCUT2D eigenvalue weighted by Crippen LogP contribution is -2.49. The number of benzene rings is 1. The summed E-state index contributed by atoms with van der Waals surface area (Å²) in [5.41, 5.74) is 6.66. The Hall–Kier alpha value is -4.61. The number of allylic oxidation sites excluding steroid dienone is 2. The second kappa shape index (κ2) is 12.7. The van der Waals surface area contributed by atoms with Crippen LogP contribution in [0.1, 0.15) is 68.2 Å². The number of aromatic nitrogens is 3. The number of nitrogens with two attached hydrogens (primary N) is 1. The van der Waals surface area contributed by atoms with Gasteiger partial charge in [0.1, 0.15) is 33.8 Å². The van der Waals surface area contributed by atoms with Crippen LogP contribution in [0.2, 0.25) is 0 Å². The zero-order valence-electron chi connectivity index (χ0n) is 25.6. The average Bonchev–Trinajstić information content (AvgIpc) is 3.27. The number of anilines is 1. The van der Waals surface area contributed by atoms with Crippen LogP contribution < -0.4 is 26.2 Å². The van der Waals surface area contributed by atoms with Crippen molar-refractivity contribution in [1.29, 1.82) is 0 Å². The molecule has 3 heterocycles. The van der Waals surface area contributed by atoms with E-state index >= 15 is 0 Å². The van der Waals surface area contributed by atoms with Gasteiger partial charge in [-0.2, -0.15) is 0 Å². The van der Waals surface area contributed by atoms with Gasteiger partial charge in [0.05, 0.1) is 20.0 Å². The minimum absolute atomic E-state index is 0.124. The number of carbonyl (C=O) groups excluding carboxylic acids is 3. The lowest BCUT2D eigenvalue weighted by atomic mass is 10.1. The number of methoxy groups -OCH3 is 1. The quantitative estimate of drug-likeness (QED) is 0.282. The van der Waals surface area contributed by atoms with Gasteiger partial charge in [-0.3, -0.25) is 19.0 Å². The van der Waals surface area contributed by atoms with Gasteiger partial charge in [-0.25, -0.2) is 9.78 Å². The number of carbonyl (C=O) groups is 3. The fourth-order valence-electron chi connectivity index (χ4n) is 5.18. The van der Waals surface area contributed by atoms with Crippen LogP contribution >= 0.6 is 0 Å². The monoisotopic (exact) mass is 592 g/mol. The molecule has 230 valence electrons. The van der Waals surface area contributed by atoms with Crippen molar-refractivity contribution < 1.29 is 23.9 Å². The molecule has 1 saturated heterocycles. The molecule has 3 aromatic rings. The van der Waals surface area contributed by atoms with Crippen molar-refractivity contribution in [3.8, 4) is 5.75 Å². The molecule has 1 atom stereocenters. The van der Waals surface area contributed by atoms with E-state index in [4.69, 9.17) is 15.2 Å². The maximum Gasteiger partial charge on any atom is 0.407 e. The summed E-state index contributed by atoms with van der Waals surface area (Å²) in [6.45, 7) is 10.2. The van der Waals surface area contributed by atoms with Crippen LogP contribution in [-0.2, 0) is 17.8 Å². The highest BCUT2D eigenvalue weighted by molar-refractivity contribution is 6.10.